The van der Waals surface area contributed by atoms with Crippen molar-refractivity contribution in [3.05, 3.63) is 70.7 Å². The van der Waals surface area contributed by atoms with Gasteiger partial charge in [0.05, 0.1) is 10.6 Å². The van der Waals surface area contributed by atoms with E-state index in [2.05, 4.69) is 5.10 Å². The number of hydrogen-bond acceptors (Lipinski definition) is 4. The second kappa shape index (κ2) is 7.94. The van der Waals surface area contributed by atoms with Crippen molar-refractivity contribution in [3.63, 3.8) is 0 Å². The topological polar surface area (TPSA) is 67.9 Å². The summed E-state index contributed by atoms with van der Waals surface area (Å²) < 4.78 is 6.45. The van der Waals surface area contributed by atoms with E-state index in [0.29, 0.717) is 35.9 Å². The van der Waals surface area contributed by atoms with Crippen LogP contribution in [-0.4, -0.2) is 23.4 Å². The maximum Gasteiger partial charge on any atom is 0.251 e. The van der Waals surface area contributed by atoms with Crippen molar-refractivity contribution in [2.45, 2.75) is 39.3 Å². The van der Waals surface area contributed by atoms with Crippen molar-refractivity contribution in [2.24, 2.45) is 16.3 Å². The van der Waals surface area contributed by atoms with Crippen LogP contribution >= 0.6 is 11.6 Å². The summed E-state index contributed by atoms with van der Waals surface area (Å²) in [5.41, 5.74) is 5.62. The Morgan fingerprint density at radius 2 is 1.79 bits per heavy atom. The van der Waals surface area contributed by atoms with Crippen molar-refractivity contribution in [1.29, 1.82) is 0 Å². The number of ether oxygens (including phenoxy) is 1. The average Bonchev–Trinajstić information content (AvgIpc) is 3.06. The summed E-state index contributed by atoms with van der Waals surface area (Å²) in [4.78, 5) is 13.4. The van der Waals surface area contributed by atoms with Crippen LogP contribution in [0.3, 0.4) is 0 Å². The van der Waals surface area contributed by atoms with Crippen LogP contribution in [0.25, 0.3) is 0 Å². The van der Waals surface area contributed by atoms with Crippen LogP contribution in [-0.2, 0) is 15.3 Å². The zero-order valence-electron chi connectivity index (χ0n) is 16.5. The van der Waals surface area contributed by atoms with Gasteiger partial charge >= 0.3 is 0 Å². The van der Waals surface area contributed by atoms with Crippen molar-refractivity contribution in [2.75, 3.05) is 6.54 Å². The molecule has 1 unspecified atom stereocenters. The highest BCUT2D eigenvalue weighted by molar-refractivity contribution is 6.33. The first kappa shape index (κ1) is 20.4. The summed E-state index contributed by atoms with van der Waals surface area (Å²) in [5.74, 6) is 0.208. The fourth-order valence-corrected chi connectivity index (χ4v) is 3.41. The zero-order valence-corrected chi connectivity index (χ0v) is 17.2. The Balaban J connectivity index is 2.16. The van der Waals surface area contributed by atoms with Gasteiger partial charge in [-0.05, 0) is 25.1 Å². The van der Waals surface area contributed by atoms with Gasteiger partial charge in [0.1, 0.15) is 0 Å². The normalized spacial score (nSPS) is 19.3. The number of amides is 1. The molecule has 0 saturated carbocycles. The van der Waals surface area contributed by atoms with E-state index in [1.165, 1.54) is 5.01 Å². The molecule has 5 nitrogen and oxygen atoms in total. The fourth-order valence-electron chi connectivity index (χ4n) is 3.19. The van der Waals surface area contributed by atoms with E-state index in [0.717, 1.165) is 5.56 Å². The van der Waals surface area contributed by atoms with Crippen LogP contribution in [0.4, 0.5) is 0 Å². The van der Waals surface area contributed by atoms with Crippen LogP contribution < -0.4 is 5.73 Å². The van der Waals surface area contributed by atoms with E-state index in [1.54, 1.807) is 6.07 Å². The Labute approximate surface area is 171 Å². The number of hydrazone groups is 1. The summed E-state index contributed by atoms with van der Waals surface area (Å²) in [7, 11) is 0. The van der Waals surface area contributed by atoms with E-state index < -0.39 is 11.1 Å². The summed E-state index contributed by atoms with van der Waals surface area (Å²) in [6.07, 6.45) is 1.20. The first-order chi connectivity index (χ1) is 13.3. The van der Waals surface area contributed by atoms with Gasteiger partial charge in [-0.25, -0.2) is 0 Å². The maximum atomic E-state index is 13.4. The van der Waals surface area contributed by atoms with Crippen molar-refractivity contribution in [1.82, 2.24) is 5.01 Å². The summed E-state index contributed by atoms with van der Waals surface area (Å²) in [5, 5.41) is 6.62. The molecule has 2 aromatic carbocycles. The molecule has 0 radical (unpaired) electrons. The molecule has 1 heterocycles. The lowest BCUT2D eigenvalue weighted by Gasteiger charge is -2.38. The molecular weight excluding hydrogens is 374 g/mol. The molecule has 2 aromatic rings. The number of carbonyl (C=O) groups is 1. The third kappa shape index (κ3) is 3.77. The van der Waals surface area contributed by atoms with Gasteiger partial charge in [0.25, 0.3) is 5.91 Å². The Kier molecular flexibility index (Phi) is 5.77. The Bertz CT molecular complexity index is 877. The molecule has 0 saturated heterocycles. The lowest BCUT2D eigenvalue weighted by Crippen LogP contribution is -2.49. The number of benzene rings is 2. The third-order valence-electron chi connectivity index (χ3n) is 4.68. The van der Waals surface area contributed by atoms with Gasteiger partial charge in [-0.15, -0.1) is 5.10 Å². The number of nitrogens with zero attached hydrogens (tertiary/aromatic N) is 2. The van der Waals surface area contributed by atoms with Crippen molar-refractivity contribution >= 4 is 23.4 Å². The van der Waals surface area contributed by atoms with Gasteiger partial charge in [-0.2, -0.15) is 5.01 Å². The number of carbonyl (C=O) groups excluding carboxylic acids is 1. The Morgan fingerprint density at radius 1 is 1.14 bits per heavy atom. The van der Waals surface area contributed by atoms with Crippen LogP contribution in [0.15, 0.2) is 59.7 Å². The Hall–Kier alpha value is -2.37. The number of rotatable bonds is 5. The van der Waals surface area contributed by atoms with Gasteiger partial charge in [0.15, 0.2) is 0 Å². The molecule has 0 aliphatic carbocycles. The molecule has 0 fully saturated rings. The van der Waals surface area contributed by atoms with E-state index in [1.807, 2.05) is 69.3 Å². The lowest BCUT2D eigenvalue weighted by atomic mass is 9.91. The molecule has 0 aromatic heterocycles. The van der Waals surface area contributed by atoms with Crippen LogP contribution in [0.1, 0.15) is 44.7 Å². The van der Waals surface area contributed by atoms with Crippen LogP contribution in [0.5, 0.6) is 0 Å². The predicted molar refractivity (Wildman–Crippen MR) is 112 cm³/mol. The van der Waals surface area contributed by atoms with Gasteiger partial charge in [-0.1, -0.05) is 74.8 Å². The largest absolute Gasteiger partial charge is 0.443 e. The molecule has 148 valence electrons. The summed E-state index contributed by atoms with van der Waals surface area (Å²) in [6.45, 7) is 6.10. The molecule has 0 bridgehead atoms. The van der Waals surface area contributed by atoms with Gasteiger partial charge < -0.3 is 10.5 Å². The third-order valence-corrected chi connectivity index (χ3v) is 5.01. The number of nitrogens with two attached hydrogens (primary N) is 1. The summed E-state index contributed by atoms with van der Waals surface area (Å²) in [6, 6.07) is 17.0. The zero-order chi connectivity index (χ0) is 20.4. The fraction of sp³-hybridized carbons (Fsp3) is 0.364. The van der Waals surface area contributed by atoms with E-state index in [-0.39, 0.29) is 5.91 Å². The molecule has 1 amide bonds. The molecule has 1 aliphatic rings. The highest BCUT2D eigenvalue weighted by Crippen LogP contribution is 2.43. The highest BCUT2D eigenvalue weighted by Gasteiger charge is 2.51. The predicted octanol–water partition coefficient (Wildman–Crippen LogP) is 4.50. The van der Waals surface area contributed by atoms with Crippen LogP contribution in [0.2, 0.25) is 5.02 Å². The molecule has 1 atom stereocenters. The van der Waals surface area contributed by atoms with Crippen LogP contribution in [0, 0.1) is 5.41 Å². The van der Waals surface area contributed by atoms with E-state index in [4.69, 9.17) is 22.1 Å². The van der Waals surface area contributed by atoms with Gasteiger partial charge in [-0.3, -0.25) is 4.79 Å². The molecule has 28 heavy (non-hydrogen) atoms. The minimum absolute atomic E-state index is 0.129. The molecule has 0 spiro atoms. The monoisotopic (exact) mass is 399 g/mol. The minimum Gasteiger partial charge on any atom is -0.443 e. The van der Waals surface area contributed by atoms with E-state index >= 15 is 0 Å². The standard InChI is InChI=1S/C22H26ClN3O2/c1-21(2,3)20(27)26-22(14-9-15-24,16-10-5-4-6-11-16)28-19(25-26)17-12-7-8-13-18(17)23/h4-8,10-13H,9,14-15,24H2,1-3H3. The molecule has 3 rings (SSSR count). The lowest BCUT2D eigenvalue weighted by molar-refractivity contribution is -0.161. The van der Waals surface area contributed by atoms with Gasteiger partial charge in [0, 0.05) is 17.4 Å². The van der Waals surface area contributed by atoms with Crippen molar-refractivity contribution < 1.29 is 9.53 Å². The second-order valence-electron chi connectivity index (χ2n) is 7.90. The van der Waals surface area contributed by atoms with E-state index in [9.17, 15) is 4.79 Å². The van der Waals surface area contributed by atoms with Gasteiger partial charge in [0.2, 0.25) is 11.6 Å². The maximum absolute atomic E-state index is 13.4. The first-order valence-electron chi connectivity index (χ1n) is 9.42. The smallest absolute Gasteiger partial charge is 0.251 e. The molecule has 1 aliphatic heterocycles. The first-order valence-corrected chi connectivity index (χ1v) is 9.80. The summed E-state index contributed by atoms with van der Waals surface area (Å²) >= 11 is 6.38. The average molecular weight is 400 g/mol. The molecular formula is C22H26ClN3O2. The number of hydrogen-bond donors (Lipinski definition) is 1. The Morgan fingerprint density at radius 3 is 2.39 bits per heavy atom. The highest BCUT2D eigenvalue weighted by atomic mass is 35.5. The van der Waals surface area contributed by atoms with Crippen molar-refractivity contribution in [3.8, 4) is 0 Å². The SMILES string of the molecule is CC(C)(C)C(=O)N1N=C(c2ccccc2Cl)OC1(CCCN)c1ccccc1. The molecule has 2 N–H and O–H groups in total. The number of halogens is 1. The second-order valence-corrected chi connectivity index (χ2v) is 8.30. The minimum atomic E-state index is -1.06. The molecule has 6 heteroatoms. The quantitative estimate of drug-likeness (QED) is 0.804.